The highest BCUT2D eigenvalue weighted by atomic mass is 15.2. The second-order valence-electron chi connectivity index (χ2n) is 5.29. The van der Waals surface area contributed by atoms with Gasteiger partial charge in [0.2, 0.25) is 0 Å². The van der Waals surface area contributed by atoms with Crippen LogP contribution in [0.2, 0.25) is 0 Å². The largest absolute Gasteiger partial charge is 0.313 e. The maximum atomic E-state index is 3.59. The summed E-state index contributed by atoms with van der Waals surface area (Å²) in [5, 5.41) is 3.59. The molecule has 0 radical (unpaired) electrons. The number of nitrogens with zero attached hydrogens (tertiary/aromatic N) is 2. The molecule has 2 saturated heterocycles. The molecule has 2 aliphatic heterocycles. The molecule has 0 aromatic heterocycles. The number of nitrogens with one attached hydrogen (secondary N) is 1. The number of hydrogen-bond donors (Lipinski definition) is 1. The van der Waals surface area contributed by atoms with Gasteiger partial charge in [-0.1, -0.05) is 0 Å². The molecule has 2 aliphatic rings. The fourth-order valence-corrected chi connectivity index (χ4v) is 2.84. The first-order valence-corrected chi connectivity index (χ1v) is 6.38. The zero-order valence-electron chi connectivity index (χ0n) is 10.2. The third-order valence-corrected chi connectivity index (χ3v) is 3.93. The SMILES string of the molecule is CN(C)C1CCN(C[C@@H]2CCCN2)CC1. The molecule has 88 valence electrons. The van der Waals surface area contributed by atoms with Gasteiger partial charge in [0.15, 0.2) is 0 Å². The van der Waals surface area contributed by atoms with Gasteiger partial charge >= 0.3 is 0 Å². The van der Waals surface area contributed by atoms with Crippen molar-refractivity contribution in [3.05, 3.63) is 0 Å². The Bertz CT molecular complexity index is 179. The molecule has 3 nitrogen and oxygen atoms in total. The Hall–Kier alpha value is -0.120. The molecule has 0 spiro atoms. The lowest BCUT2D eigenvalue weighted by molar-refractivity contribution is 0.137. The van der Waals surface area contributed by atoms with Crippen LogP contribution in [0.15, 0.2) is 0 Å². The summed E-state index contributed by atoms with van der Waals surface area (Å²) in [7, 11) is 4.41. The number of piperidine rings is 1. The minimum atomic E-state index is 0.779. The summed E-state index contributed by atoms with van der Waals surface area (Å²) in [4.78, 5) is 5.02. The molecule has 1 N–H and O–H groups in total. The highest BCUT2D eigenvalue weighted by molar-refractivity contribution is 4.82. The normalized spacial score (nSPS) is 30.2. The Morgan fingerprint density at radius 2 is 1.93 bits per heavy atom. The van der Waals surface area contributed by atoms with E-state index in [2.05, 4.69) is 29.2 Å². The van der Waals surface area contributed by atoms with Crippen LogP contribution in [0.3, 0.4) is 0 Å². The Morgan fingerprint density at radius 1 is 1.20 bits per heavy atom. The molecule has 0 saturated carbocycles. The fraction of sp³-hybridized carbons (Fsp3) is 1.00. The zero-order valence-corrected chi connectivity index (χ0v) is 10.2. The third kappa shape index (κ3) is 3.16. The molecule has 0 aromatic carbocycles. The Labute approximate surface area is 93.8 Å². The van der Waals surface area contributed by atoms with Crippen LogP contribution in [-0.4, -0.2) is 62.2 Å². The summed E-state index contributed by atoms with van der Waals surface area (Å²) < 4.78 is 0. The van der Waals surface area contributed by atoms with Crippen molar-refractivity contribution in [1.82, 2.24) is 15.1 Å². The molecule has 0 aliphatic carbocycles. The predicted octanol–water partition coefficient (Wildman–Crippen LogP) is 0.764. The monoisotopic (exact) mass is 211 g/mol. The van der Waals surface area contributed by atoms with Crippen molar-refractivity contribution in [3.8, 4) is 0 Å². The average molecular weight is 211 g/mol. The highest BCUT2D eigenvalue weighted by Gasteiger charge is 2.23. The quantitative estimate of drug-likeness (QED) is 0.744. The molecule has 0 unspecified atom stereocenters. The first kappa shape index (κ1) is 11.4. The van der Waals surface area contributed by atoms with E-state index in [0.29, 0.717) is 0 Å². The van der Waals surface area contributed by atoms with Gasteiger partial charge in [-0.3, -0.25) is 0 Å². The molecule has 2 rings (SSSR count). The molecular formula is C12H25N3. The van der Waals surface area contributed by atoms with E-state index in [1.807, 2.05) is 0 Å². The van der Waals surface area contributed by atoms with Crippen molar-refractivity contribution in [3.63, 3.8) is 0 Å². The van der Waals surface area contributed by atoms with Crippen molar-refractivity contribution in [2.45, 2.75) is 37.8 Å². The van der Waals surface area contributed by atoms with Crippen molar-refractivity contribution in [2.24, 2.45) is 0 Å². The predicted molar refractivity (Wildman–Crippen MR) is 64.2 cm³/mol. The summed E-state index contributed by atoms with van der Waals surface area (Å²) in [5.74, 6) is 0. The molecule has 0 aromatic rings. The molecular weight excluding hydrogens is 186 g/mol. The van der Waals surface area contributed by atoms with Crippen LogP contribution in [0.25, 0.3) is 0 Å². The number of rotatable bonds is 3. The molecule has 1 atom stereocenters. The van der Waals surface area contributed by atoms with Crippen LogP contribution in [0, 0.1) is 0 Å². The van der Waals surface area contributed by atoms with Crippen molar-refractivity contribution >= 4 is 0 Å². The summed E-state index contributed by atoms with van der Waals surface area (Å²) >= 11 is 0. The molecule has 15 heavy (non-hydrogen) atoms. The van der Waals surface area contributed by atoms with E-state index in [1.54, 1.807) is 0 Å². The van der Waals surface area contributed by atoms with Crippen LogP contribution in [0.4, 0.5) is 0 Å². The van der Waals surface area contributed by atoms with E-state index >= 15 is 0 Å². The molecule has 3 heteroatoms. The molecule has 0 bridgehead atoms. The first-order chi connectivity index (χ1) is 7.25. The van der Waals surface area contributed by atoms with Gasteiger partial charge in [-0.05, 0) is 59.4 Å². The van der Waals surface area contributed by atoms with Gasteiger partial charge in [0, 0.05) is 18.6 Å². The van der Waals surface area contributed by atoms with Crippen molar-refractivity contribution in [1.29, 1.82) is 0 Å². The van der Waals surface area contributed by atoms with Crippen LogP contribution < -0.4 is 5.32 Å². The van der Waals surface area contributed by atoms with E-state index in [-0.39, 0.29) is 0 Å². The highest BCUT2D eigenvalue weighted by Crippen LogP contribution is 2.16. The maximum Gasteiger partial charge on any atom is 0.0195 e. The number of hydrogen-bond acceptors (Lipinski definition) is 3. The minimum Gasteiger partial charge on any atom is -0.313 e. The van der Waals surface area contributed by atoms with Crippen molar-refractivity contribution in [2.75, 3.05) is 40.3 Å². The summed E-state index contributed by atoms with van der Waals surface area (Å²) in [6.45, 7) is 5.10. The lowest BCUT2D eigenvalue weighted by Crippen LogP contribution is -2.46. The van der Waals surface area contributed by atoms with Crippen LogP contribution in [0.5, 0.6) is 0 Å². The van der Waals surface area contributed by atoms with Crippen molar-refractivity contribution < 1.29 is 0 Å². The van der Waals surface area contributed by atoms with Gasteiger partial charge < -0.3 is 15.1 Å². The first-order valence-electron chi connectivity index (χ1n) is 6.38. The second kappa shape index (κ2) is 5.28. The van der Waals surface area contributed by atoms with Crippen LogP contribution in [-0.2, 0) is 0 Å². The Balaban J connectivity index is 1.68. The lowest BCUT2D eigenvalue weighted by Gasteiger charge is -2.36. The average Bonchev–Trinajstić information content (AvgIpc) is 2.71. The summed E-state index contributed by atoms with van der Waals surface area (Å²) in [5.41, 5.74) is 0. The van der Waals surface area contributed by atoms with Crippen LogP contribution >= 0.6 is 0 Å². The standard InChI is InChI=1S/C12H25N3/c1-14(2)12-5-8-15(9-6-12)10-11-4-3-7-13-11/h11-13H,3-10H2,1-2H3/t11-/m0/s1. The van der Waals surface area contributed by atoms with Gasteiger partial charge in [-0.2, -0.15) is 0 Å². The maximum absolute atomic E-state index is 3.59. The summed E-state index contributed by atoms with van der Waals surface area (Å²) in [6.07, 6.45) is 5.45. The Kier molecular flexibility index (Phi) is 4.00. The van der Waals surface area contributed by atoms with Gasteiger partial charge in [0.25, 0.3) is 0 Å². The van der Waals surface area contributed by atoms with E-state index in [1.165, 1.54) is 51.9 Å². The number of likely N-dealkylation sites (tertiary alicyclic amines) is 1. The van der Waals surface area contributed by atoms with E-state index in [4.69, 9.17) is 0 Å². The second-order valence-corrected chi connectivity index (χ2v) is 5.29. The van der Waals surface area contributed by atoms with E-state index in [9.17, 15) is 0 Å². The topological polar surface area (TPSA) is 18.5 Å². The molecule has 2 fully saturated rings. The third-order valence-electron chi connectivity index (χ3n) is 3.93. The van der Waals surface area contributed by atoms with Gasteiger partial charge in [0.1, 0.15) is 0 Å². The zero-order chi connectivity index (χ0) is 10.7. The smallest absolute Gasteiger partial charge is 0.0195 e. The van der Waals surface area contributed by atoms with Gasteiger partial charge in [-0.15, -0.1) is 0 Å². The van der Waals surface area contributed by atoms with Crippen LogP contribution in [0.1, 0.15) is 25.7 Å². The van der Waals surface area contributed by atoms with E-state index in [0.717, 1.165) is 12.1 Å². The van der Waals surface area contributed by atoms with E-state index < -0.39 is 0 Å². The summed E-state index contributed by atoms with van der Waals surface area (Å²) in [6, 6.07) is 1.60. The minimum absolute atomic E-state index is 0.779. The molecule has 0 amide bonds. The fourth-order valence-electron chi connectivity index (χ4n) is 2.84. The van der Waals surface area contributed by atoms with Gasteiger partial charge in [0.05, 0.1) is 0 Å². The lowest BCUT2D eigenvalue weighted by atomic mass is 10.0. The Morgan fingerprint density at radius 3 is 2.47 bits per heavy atom. The van der Waals surface area contributed by atoms with Gasteiger partial charge in [-0.25, -0.2) is 0 Å². The molecule has 2 heterocycles.